The topological polar surface area (TPSA) is 63.3 Å². The molecule has 0 aliphatic heterocycles. The molecule has 5 nitrogen and oxygen atoms in total. The van der Waals surface area contributed by atoms with Crippen LogP contribution in [0.25, 0.3) is 0 Å². The van der Waals surface area contributed by atoms with E-state index in [9.17, 15) is 4.79 Å². The lowest BCUT2D eigenvalue weighted by molar-refractivity contribution is -0.139. The Bertz CT molecular complexity index is 398. The van der Waals surface area contributed by atoms with Crippen molar-refractivity contribution in [1.29, 1.82) is 0 Å². The summed E-state index contributed by atoms with van der Waals surface area (Å²) >= 11 is 6.63. The highest BCUT2D eigenvalue weighted by Gasteiger charge is 2.11. The Morgan fingerprint density at radius 1 is 1.35 bits per heavy atom. The summed E-state index contributed by atoms with van der Waals surface area (Å²) in [5.74, 6) is -0.124. The molecule has 2 N–H and O–H groups in total. The maximum atomic E-state index is 11.9. The highest BCUT2D eigenvalue weighted by molar-refractivity contribution is 9.13. The highest BCUT2D eigenvalue weighted by Crippen LogP contribution is 2.22. The number of rotatable bonds is 9. The fraction of sp³-hybridized carbons (Fsp3) is 0.615. The van der Waals surface area contributed by atoms with Crippen molar-refractivity contribution in [2.45, 2.75) is 33.0 Å². The van der Waals surface area contributed by atoms with Crippen LogP contribution in [0, 0.1) is 0 Å². The molecule has 0 saturated heterocycles. The third-order valence-corrected chi connectivity index (χ3v) is 4.36. The van der Waals surface area contributed by atoms with Crippen LogP contribution in [0.15, 0.2) is 15.1 Å². The summed E-state index contributed by atoms with van der Waals surface area (Å²) < 4.78 is 12.5. The molecule has 7 heteroatoms. The molecule has 1 aromatic rings. The molecule has 1 aromatic heterocycles. The predicted molar refractivity (Wildman–Crippen MR) is 84.8 cm³/mol. The monoisotopic (exact) mass is 410 g/mol. The van der Waals surface area contributed by atoms with Crippen molar-refractivity contribution in [3.63, 3.8) is 0 Å². The van der Waals surface area contributed by atoms with Crippen LogP contribution in [-0.4, -0.2) is 36.9 Å². The normalized spacial score (nSPS) is 11.1. The van der Waals surface area contributed by atoms with Crippen LogP contribution < -0.4 is 5.32 Å². The average Bonchev–Trinajstić information content (AvgIpc) is 2.75. The Morgan fingerprint density at radius 2 is 2.00 bits per heavy atom. The number of carbonyl (C=O) groups excluding carboxylic acids is 1. The van der Waals surface area contributed by atoms with Gasteiger partial charge in [-0.05, 0) is 58.2 Å². The van der Waals surface area contributed by atoms with E-state index < -0.39 is 0 Å². The van der Waals surface area contributed by atoms with Gasteiger partial charge in [0.25, 0.3) is 5.91 Å². The minimum atomic E-state index is -0.185. The number of ether oxygens (including phenoxy) is 2. The van der Waals surface area contributed by atoms with Crippen LogP contribution in [0.1, 0.15) is 37.2 Å². The molecular weight excluding hydrogens is 392 g/mol. The molecule has 0 aliphatic carbocycles. The van der Waals surface area contributed by atoms with Gasteiger partial charge in [0.2, 0.25) is 0 Å². The fourth-order valence-corrected chi connectivity index (χ4v) is 2.33. The van der Waals surface area contributed by atoms with Crippen LogP contribution >= 0.6 is 31.9 Å². The SMILES string of the molecule is CCOC(CCCNC(=O)c1cc(Br)c(Br)[nH]1)OCC. The van der Waals surface area contributed by atoms with Crippen molar-refractivity contribution < 1.29 is 14.3 Å². The zero-order valence-corrected chi connectivity index (χ0v) is 14.8. The van der Waals surface area contributed by atoms with Gasteiger partial charge in [-0.3, -0.25) is 4.79 Å². The number of carbonyl (C=O) groups is 1. The molecule has 20 heavy (non-hydrogen) atoms. The molecule has 1 rings (SSSR count). The van der Waals surface area contributed by atoms with Crippen LogP contribution in [0.4, 0.5) is 0 Å². The van der Waals surface area contributed by atoms with Crippen molar-refractivity contribution in [1.82, 2.24) is 10.3 Å². The molecule has 114 valence electrons. The number of hydrogen-bond acceptors (Lipinski definition) is 3. The molecule has 0 unspecified atom stereocenters. The Labute approximate surface area is 136 Å². The fourth-order valence-electron chi connectivity index (χ4n) is 1.68. The van der Waals surface area contributed by atoms with Crippen LogP contribution in [0.5, 0.6) is 0 Å². The average molecular weight is 412 g/mol. The van der Waals surface area contributed by atoms with E-state index >= 15 is 0 Å². The third kappa shape index (κ3) is 5.95. The van der Waals surface area contributed by atoms with E-state index in [2.05, 4.69) is 42.2 Å². The van der Waals surface area contributed by atoms with Crippen LogP contribution in [-0.2, 0) is 9.47 Å². The second-order valence-electron chi connectivity index (χ2n) is 4.08. The summed E-state index contributed by atoms with van der Waals surface area (Å²) in [4.78, 5) is 14.8. The number of aromatic nitrogens is 1. The van der Waals surface area contributed by atoms with E-state index in [0.29, 0.717) is 25.5 Å². The molecule has 0 spiro atoms. The van der Waals surface area contributed by atoms with E-state index in [1.807, 2.05) is 13.8 Å². The van der Waals surface area contributed by atoms with Crippen LogP contribution in [0.2, 0.25) is 0 Å². The number of nitrogens with one attached hydrogen (secondary N) is 2. The second kappa shape index (κ2) is 9.55. The minimum Gasteiger partial charge on any atom is -0.353 e. The van der Waals surface area contributed by atoms with Crippen molar-refractivity contribution in [2.24, 2.45) is 0 Å². The van der Waals surface area contributed by atoms with Crippen molar-refractivity contribution >= 4 is 37.8 Å². The van der Waals surface area contributed by atoms with Gasteiger partial charge in [0, 0.05) is 26.2 Å². The molecule has 0 aromatic carbocycles. The number of H-pyrrole nitrogens is 1. The molecule has 0 saturated carbocycles. The van der Waals surface area contributed by atoms with E-state index in [-0.39, 0.29) is 12.2 Å². The van der Waals surface area contributed by atoms with Gasteiger partial charge in [-0.2, -0.15) is 0 Å². The zero-order valence-electron chi connectivity index (χ0n) is 11.7. The maximum Gasteiger partial charge on any atom is 0.267 e. The summed E-state index contributed by atoms with van der Waals surface area (Å²) in [7, 11) is 0. The minimum absolute atomic E-state index is 0.124. The smallest absolute Gasteiger partial charge is 0.267 e. The van der Waals surface area contributed by atoms with Gasteiger partial charge in [-0.25, -0.2) is 0 Å². The van der Waals surface area contributed by atoms with Gasteiger partial charge in [0.1, 0.15) is 5.69 Å². The third-order valence-electron chi connectivity index (χ3n) is 2.58. The van der Waals surface area contributed by atoms with Gasteiger partial charge >= 0.3 is 0 Å². The number of aromatic amines is 1. The lowest BCUT2D eigenvalue weighted by atomic mass is 10.3. The lowest BCUT2D eigenvalue weighted by Crippen LogP contribution is -2.26. The van der Waals surface area contributed by atoms with Crippen molar-refractivity contribution in [3.8, 4) is 0 Å². The van der Waals surface area contributed by atoms with Crippen LogP contribution in [0.3, 0.4) is 0 Å². The summed E-state index contributed by atoms with van der Waals surface area (Å²) in [5.41, 5.74) is 0.523. The Kier molecular flexibility index (Phi) is 8.44. The van der Waals surface area contributed by atoms with Crippen molar-refractivity contribution in [2.75, 3.05) is 19.8 Å². The largest absolute Gasteiger partial charge is 0.353 e. The van der Waals surface area contributed by atoms with Gasteiger partial charge in [0.05, 0.1) is 9.08 Å². The molecule has 1 amide bonds. The Hall–Kier alpha value is -0.370. The molecule has 0 fully saturated rings. The molecule has 0 aliphatic rings. The first-order valence-electron chi connectivity index (χ1n) is 6.63. The van der Waals surface area contributed by atoms with Gasteiger partial charge in [-0.1, -0.05) is 0 Å². The molecule has 1 heterocycles. The quantitative estimate of drug-likeness (QED) is 0.483. The van der Waals surface area contributed by atoms with E-state index in [1.54, 1.807) is 6.07 Å². The van der Waals surface area contributed by atoms with E-state index in [1.165, 1.54) is 0 Å². The Balaban J connectivity index is 2.27. The number of amides is 1. The molecular formula is C13H20Br2N2O3. The zero-order chi connectivity index (χ0) is 15.0. The number of halogens is 2. The van der Waals surface area contributed by atoms with Gasteiger partial charge in [-0.15, -0.1) is 0 Å². The maximum absolute atomic E-state index is 11.9. The number of hydrogen-bond donors (Lipinski definition) is 2. The summed E-state index contributed by atoms with van der Waals surface area (Å²) in [6.07, 6.45) is 1.38. The first-order chi connectivity index (χ1) is 9.58. The molecule has 0 bridgehead atoms. The summed E-state index contributed by atoms with van der Waals surface area (Å²) in [6.45, 7) is 5.72. The standard InChI is InChI=1S/C13H20Br2N2O3/c1-3-19-11(20-4-2)6-5-7-16-13(18)10-8-9(14)12(15)17-10/h8,11,17H,3-7H2,1-2H3,(H,16,18). The van der Waals surface area contributed by atoms with E-state index in [4.69, 9.17) is 9.47 Å². The summed E-state index contributed by atoms with van der Waals surface area (Å²) in [5, 5.41) is 2.86. The molecule has 0 atom stereocenters. The summed E-state index contributed by atoms with van der Waals surface area (Å²) in [6, 6.07) is 1.74. The van der Waals surface area contributed by atoms with E-state index in [0.717, 1.165) is 21.9 Å². The van der Waals surface area contributed by atoms with Crippen molar-refractivity contribution in [3.05, 3.63) is 20.8 Å². The lowest BCUT2D eigenvalue weighted by Gasteiger charge is -2.16. The first-order valence-corrected chi connectivity index (χ1v) is 8.22. The van der Waals surface area contributed by atoms with Gasteiger partial charge < -0.3 is 19.8 Å². The Morgan fingerprint density at radius 3 is 2.50 bits per heavy atom. The first kappa shape index (κ1) is 17.7. The second-order valence-corrected chi connectivity index (χ2v) is 5.73. The van der Waals surface area contributed by atoms with Gasteiger partial charge in [0.15, 0.2) is 6.29 Å². The highest BCUT2D eigenvalue weighted by atomic mass is 79.9. The molecule has 0 radical (unpaired) electrons. The predicted octanol–water partition coefficient (Wildman–Crippen LogP) is 3.45.